The summed E-state index contributed by atoms with van der Waals surface area (Å²) in [5.41, 5.74) is -1.32. The van der Waals surface area contributed by atoms with Crippen LogP contribution < -0.4 is 0 Å². The molecule has 0 aliphatic heterocycles. The van der Waals surface area contributed by atoms with Gasteiger partial charge in [-0.2, -0.15) is 0 Å². The summed E-state index contributed by atoms with van der Waals surface area (Å²) >= 11 is 0. The lowest BCUT2D eigenvalue weighted by Crippen LogP contribution is -2.55. The predicted molar refractivity (Wildman–Crippen MR) is 89.6 cm³/mol. The quantitative estimate of drug-likeness (QED) is 0.633. The van der Waals surface area contributed by atoms with E-state index in [9.17, 15) is 23.9 Å². The summed E-state index contributed by atoms with van der Waals surface area (Å²) in [6.07, 6.45) is -0.377. The SMILES string of the molecule is CCOC(=O)[C@@H]1C(=O)C[C@](C)(O)[C@@H](C(=O)OCC)[C@H]1c1ccc(F)cc1. The third kappa shape index (κ3) is 3.93. The summed E-state index contributed by atoms with van der Waals surface area (Å²) in [6.45, 7) is 4.75. The van der Waals surface area contributed by atoms with Crippen LogP contribution in [-0.2, 0) is 23.9 Å². The molecule has 1 saturated carbocycles. The lowest BCUT2D eigenvalue weighted by Gasteiger charge is -2.43. The van der Waals surface area contributed by atoms with E-state index in [1.165, 1.54) is 31.2 Å². The van der Waals surface area contributed by atoms with E-state index >= 15 is 0 Å². The summed E-state index contributed by atoms with van der Waals surface area (Å²) in [7, 11) is 0. The number of carbonyl (C=O) groups excluding carboxylic acids is 3. The first-order valence-corrected chi connectivity index (χ1v) is 8.56. The van der Waals surface area contributed by atoms with Crippen molar-refractivity contribution in [3.63, 3.8) is 0 Å². The first kappa shape index (κ1) is 20.0. The molecule has 0 radical (unpaired) electrons. The van der Waals surface area contributed by atoms with Crippen molar-refractivity contribution in [2.24, 2.45) is 11.8 Å². The smallest absolute Gasteiger partial charge is 0.317 e. The molecule has 4 atom stereocenters. The average molecular weight is 366 g/mol. The molecule has 1 aliphatic rings. The second-order valence-corrected chi connectivity index (χ2v) is 6.54. The van der Waals surface area contributed by atoms with Gasteiger partial charge in [-0.25, -0.2) is 4.39 Å². The van der Waals surface area contributed by atoms with Crippen molar-refractivity contribution in [1.29, 1.82) is 0 Å². The highest BCUT2D eigenvalue weighted by molar-refractivity contribution is 6.02. The van der Waals surface area contributed by atoms with E-state index < -0.39 is 46.9 Å². The maximum absolute atomic E-state index is 13.3. The van der Waals surface area contributed by atoms with Gasteiger partial charge in [-0.1, -0.05) is 12.1 Å². The summed E-state index contributed by atoms with van der Waals surface area (Å²) in [5, 5.41) is 10.8. The predicted octanol–water partition coefficient (Wildman–Crippen LogP) is 1.99. The fourth-order valence-electron chi connectivity index (χ4n) is 3.56. The zero-order valence-corrected chi connectivity index (χ0v) is 15.0. The van der Waals surface area contributed by atoms with Crippen molar-refractivity contribution in [1.82, 2.24) is 0 Å². The van der Waals surface area contributed by atoms with E-state index in [2.05, 4.69) is 0 Å². The van der Waals surface area contributed by atoms with Crippen molar-refractivity contribution in [2.45, 2.75) is 38.7 Å². The Bertz CT molecular complexity index is 682. The van der Waals surface area contributed by atoms with Gasteiger partial charge in [-0.15, -0.1) is 0 Å². The number of aliphatic hydroxyl groups is 1. The summed E-state index contributed by atoms with van der Waals surface area (Å²) in [4.78, 5) is 37.6. The standard InChI is InChI=1S/C19H23FO6/c1-4-25-17(22)15-13(21)10-19(3,24)16(18(23)26-5-2)14(15)11-6-8-12(20)9-7-11/h6-9,14-16,24H,4-5,10H2,1-3H3/t14-,15+,16+,19-/m0/s1. The molecular formula is C19H23FO6. The second kappa shape index (κ2) is 7.95. The third-order valence-corrected chi connectivity index (χ3v) is 4.60. The lowest BCUT2D eigenvalue weighted by molar-refractivity contribution is -0.172. The maximum atomic E-state index is 13.3. The van der Waals surface area contributed by atoms with Crippen molar-refractivity contribution >= 4 is 17.7 Å². The van der Waals surface area contributed by atoms with Gasteiger partial charge in [0.2, 0.25) is 0 Å². The zero-order chi connectivity index (χ0) is 19.5. The summed E-state index contributed by atoms with van der Waals surface area (Å²) < 4.78 is 23.4. The number of halogens is 1. The van der Waals surface area contributed by atoms with Crippen LogP contribution in [0.1, 0.15) is 38.7 Å². The van der Waals surface area contributed by atoms with Crippen LogP contribution >= 0.6 is 0 Å². The molecule has 0 bridgehead atoms. The minimum absolute atomic E-state index is 0.0687. The number of hydrogen-bond donors (Lipinski definition) is 1. The molecule has 2 rings (SSSR count). The van der Waals surface area contributed by atoms with E-state index in [1.807, 2.05) is 0 Å². The van der Waals surface area contributed by atoms with E-state index in [0.717, 1.165) is 0 Å². The van der Waals surface area contributed by atoms with E-state index in [4.69, 9.17) is 9.47 Å². The van der Waals surface area contributed by atoms with Crippen molar-refractivity contribution in [3.8, 4) is 0 Å². The maximum Gasteiger partial charge on any atom is 0.317 e. The number of esters is 2. The lowest BCUT2D eigenvalue weighted by atomic mass is 9.62. The molecule has 7 heteroatoms. The van der Waals surface area contributed by atoms with Crippen LogP contribution in [0.5, 0.6) is 0 Å². The number of ketones is 1. The molecule has 1 aromatic rings. The molecule has 26 heavy (non-hydrogen) atoms. The highest BCUT2D eigenvalue weighted by atomic mass is 19.1. The van der Waals surface area contributed by atoms with Gasteiger partial charge in [-0.05, 0) is 38.5 Å². The number of carbonyl (C=O) groups is 3. The van der Waals surface area contributed by atoms with Crippen LogP contribution in [0, 0.1) is 17.7 Å². The minimum atomic E-state index is -1.70. The van der Waals surface area contributed by atoms with Gasteiger partial charge in [-0.3, -0.25) is 14.4 Å². The Morgan fingerprint density at radius 1 is 1.15 bits per heavy atom. The second-order valence-electron chi connectivity index (χ2n) is 6.54. The molecular weight excluding hydrogens is 343 g/mol. The van der Waals surface area contributed by atoms with Crippen LogP contribution in [0.4, 0.5) is 4.39 Å². The van der Waals surface area contributed by atoms with Crippen LogP contribution in [0.25, 0.3) is 0 Å². The Morgan fingerprint density at radius 2 is 1.69 bits per heavy atom. The number of benzene rings is 1. The van der Waals surface area contributed by atoms with Gasteiger partial charge >= 0.3 is 11.9 Å². The molecule has 1 fully saturated rings. The van der Waals surface area contributed by atoms with Crippen molar-refractivity contribution in [2.75, 3.05) is 13.2 Å². The monoisotopic (exact) mass is 366 g/mol. The molecule has 1 N–H and O–H groups in total. The Morgan fingerprint density at radius 3 is 2.23 bits per heavy atom. The first-order valence-electron chi connectivity index (χ1n) is 8.56. The Labute approximate surface area is 151 Å². The number of ether oxygens (including phenoxy) is 2. The largest absolute Gasteiger partial charge is 0.466 e. The van der Waals surface area contributed by atoms with Crippen molar-refractivity contribution in [3.05, 3.63) is 35.6 Å². The number of hydrogen-bond acceptors (Lipinski definition) is 6. The zero-order valence-electron chi connectivity index (χ0n) is 15.0. The van der Waals surface area contributed by atoms with Gasteiger partial charge in [0.15, 0.2) is 5.78 Å². The minimum Gasteiger partial charge on any atom is -0.466 e. The van der Waals surface area contributed by atoms with E-state index in [0.29, 0.717) is 5.56 Å². The Hall–Kier alpha value is -2.28. The number of rotatable bonds is 5. The van der Waals surface area contributed by atoms with Crippen LogP contribution in [0.3, 0.4) is 0 Å². The summed E-state index contributed by atoms with van der Waals surface area (Å²) in [6, 6.07) is 5.14. The third-order valence-electron chi connectivity index (χ3n) is 4.60. The van der Waals surface area contributed by atoms with Crippen LogP contribution in [-0.4, -0.2) is 41.6 Å². The highest BCUT2D eigenvalue weighted by Crippen LogP contribution is 2.46. The molecule has 0 unspecified atom stereocenters. The van der Waals surface area contributed by atoms with Gasteiger partial charge in [0, 0.05) is 12.3 Å². The first-order chi connectivity index (χ1) is 12.2. The number of Topliss-reactive ketones (excluding diaryl/α,β-unsaturated/α-hetero) is 1. The molecule has 1 aliphatic carbocycles. The van der Waals surface area contributed by atoms with Crippen LogP contribution in [0.2, 0.25) is 0 Å². The Kier molecular flexibility index (Phi) is 6.13. The molecule has 0 spiro atoms. The molecule has 1 aromatic carbocycles. The molecule has 6 nitrogen and oxygen atoms in total. The fourth-order valence-corrected chi connectivity index (χ4v) is 3.56. The van der Waals surface area contributed by atoms with Gasteiger partial charge in [0.1, 0.15) is 11.7 Å². The molecule has 0 heterocycles. The fraction of sp³-hybridized carbons (Fsp3) is 0.526. The Balaban J connectivity index is 2.59. The van der Waals surface area contributed by atoms with Crippen LogP contribution in [0.15, 0.2) is 24.3 Å². The van der Waals surface area contributed by atoms with E-state index in [1.54, 1.807) is 13.8 Å². The molecule has 0 amide bonds. The van der Waals surface area contributed by atoms with Gasteiger partial charge in [0.05, 0.1) is 24.7 Å². The summed E-state index contributed by atoms with van der Waals surface area (Å²) in [5.74, 6) is -5.95. The van der Waals surface area contributed by atoms with Gasteiger partial charge < -0.3 is 14.6 Å². The molecule has 142 valence electrons. The average Bonchev–Trinajstić information content (AvgIpc) is 2.54. The van der Waals surface area contributed by atoms with Gasteiger partial charge in [0.25, 0.3) is 0 Å². The van der Waals surface area contributed by atoms with E-state index in [-0.39, 0.29) is 19.6 Å². The van der Waals surface area contributed by atoms with Crippen molar-refractivity contribution < 1.29 is 33.4 Å². The normalized spacial score (nSPS) is 28.5. The highest BCUT2D eigenvalue weighted by Gasteiger charge is 2.57. The molecule has 0 saturated heterocycles. The topological polar surface area (TPSA) is 89.9 Å². The molecule has 0 aromatic heterocycles.